The largest absolute Gasteiger partial charge is 0.466 e. The molecule has 0 unspecified atom stereocenters. The number of esters is 1. The lowest BCUT2D eigenvalue weighted by atomic mass is 9.63. The maximum Gasteiger partial charge on any atom is 0.310 e. The molecule has 1 aromatic heterocycles. The van der Waals surface area contributed by atoms with E-state index in [0.29, 0.717) is 12.4 Å². The van der Waals surface area contributed by atoms with Crippen molar-refractivity contribution in [1.29, 1.82) is 0 Å². The smallest absolute Gasteiger partial charge is 0.310 e. The second kappa shape index (κ2) is 7.75. The quantitative estimate of drug-likeness (QED) is 0.591. The molecule has 0 aliphatic heterocycles. The van der Waals surface area contributed by atoms with Gasteiger partial charge in [-0.15, -0.1) is 0 Å². The zero-order chi connectivity index (χ0) is 20.4. The number of carbonyl (C=O) groups is 1. The topological polar surface area (TPSA) is 52.1 Å². The van der Waals surface area contributed by atoms with Crippen LogP contribution in [0.2, 0.25) is 0 Å². The number of ether oxygens (including phenoxy) is 1. The van der Waals surface area contributed by atoms with Crippen molar-refractivity contribution in [2.75, 3.05) is 6.61 Å². The molecular weight excluding hydrogens is 348 g/mol. The maximum absolute atomic E-state index is 11.5. The molecule has 0 N–H and O–H groups in total. The molecule has 1 heterocycles. The van der Waals surface area contributed by atoms with Crippen molar-refractivity contribution in [3.63, 3.8) is 0 Å². The van der Waals surface area contributed by atoms with Gasteiger partial charge in [0.15, 0.2) is 0 Å². The Hall–Kier alpha value is -2.67. The lowest BCUT2D eigenvalue weighted by Gasteiger charge is -2.41. The molecule has 1 aliphatic rings. The number of carbonyl (C=O) groups excluding carboxylic acids is 1. The van der Waals surface area contributed by atoms with Crippen LogP contribution in [0.4, 0.5) is 0 Å². The molecule has 0 saturated carbocycles. The van der Waals surface area contributed by atoms with Gasteiger partial charge in [0.05, 0.1) is 13.0 Å². The highest BCUT2D eigenvalue weighted by molar-refractivity contribution is 5.72. The summed E-state index contributed by atoms with van der Waals surface area (Å²) in [5.41, 5.74) is 4.88. The molecule has 1 aromatic carbocycles. The van der Waals surface area contributed by atoms with Gasteiger partial charge in [0, 0.05) is 18.0 Å². The highest BCUT2D eigenvalue weighted by Crippen LogP contribution is 2.45. The van der Waals surface area contributed by atoms with Crippen molar-refractivity contribution >= 4 is 5.97 Å². The molecule has 2 aromatic rings. The van der Waals surface area contributed by atoms with E-state index in [1.54, 1.807) is 19.3 Å². The third kappa shape index (κ3) is 4.42. The van der Waals surface area contributed by atoms with Crippen molar-refractivity contribution in [2.45, 2.75) is 64.7 Å². The fourth-order valence-corrected chi connectivity index (χ4v) is 3.68. The third-order valence-corrected chi connectivity index (χ3v) is 5.53. The molecule has 0 saturated heterocycles. The second-order valence-electron chi connectivity index (χ2n) is 8.67. The van der Waals surface area contributed by atoms with Crippen LogP contribution in [0.15, 0.2) is 30.6 Å². The molecule has 28 heavy (non-hydrogen) atoms. The molecule has 4 heteroatoms. The van der Waals surface area contributed by atoms with Gasteiger partial charge in [0.2, 0.25) is 5.82 Å². The first kappa shape index (κ1) is 20.1. The van der Waals surface area contributed by atoms with E-state index in [1.165, 1.54) is 24.0 Å². The maximum atomic E-state index is 11.5. The Kier molecular flexibility index (Phi) is 5.56. The van der Waals surface area contributed by atoms with Crippen LogP contribution in [0.25, 0.3) is 0 Å². The van der Waals surface area contributed by atoms with Crippen LogP contribution >= 0.6 is 0 Å². The molecule has 3 rings (SSSR count). The molecule has 0 atom stereocenters. The number of hydrogen-bond donors (Lipinski definition) is 0. The first-order chi connectivity index (χ1) is 13.2. The summed E-state index contributed by atoms with van der Waals surface area (Å²) in [5.74, 6) is 6.40. The molecule has 0 fully saturated rings. The predicted octanol–water partition coefficient (Wildman–Crippen LogP) is 4.33. The molecule has 1 aliphatic carbocycles. The molecular formula is C24H28N2O2. The molecule has 0 radical (unpaired) electrons. The summed E-state index contributed by atoms with van der Waals surface area (Å²) in [6.07, 6.45) is 5.81. The SMILES string of the molecule is CCOC(=O)Cc1cnc(C#Cc2ccc3c(c2)C(C)(C)CCC3(C)C)nc1. The molecule has 146 valence electrons. The normalized spacial score (nSPS) is 16.5. The molecule has 0 amide bonds. The predicted molar refractivity (Wildman–Crippen MR) is 110 cm³/mol. The van der Waals surface area contributed by atoms with Gasteiger partial charge < -0.3 is 4.74 Å². The van der Waals surface area contributed by atoms with Gasteiger partial charge in [-0.3, -0.25) is 4.79 Å². The zero-order valence-corrected chi connectivity index (χ0v) is 17.4. The Labute approximate surface area is 167 Å². The zero-order valence-electron chi connectivity index (χ0n) is 17.4. The molecule has 4 nitrogen and oxygen atoms in total. The Morgan fingerprint density at radius 1 is 1.04 bits per heavy atom. The minimum absolute atomic E-state index is 0.161. The fraction of sp³-hybridized carbons (Fsp3) is 0.458. The minimum atomic E-state index is -0.274. The van der Waals surface area contributed by atoms with Crippen LogP contribution in [0.1, 0.15) is 75.5 Å². The number of benzene rings is 1. The summed E-state index contributed by atoms with van der Waals surface area (Å²) in [4.78, 5) is 20.0. The Morgan fingerprint density at radius 2 is 1.68 bits per heavy atom. The Balaban J connectivity index is 1.80. The number of nitrogens with zero attached hydrogens (tertiary/aromatic N) is 2. The lowest BCUT2D eigenvalue weighted by molar-refractivity contribution is -0.142. The van der Waals surface area contributed by atoms with E-state index in [0.717, 1.165) is 11.1 Å². The number of fused-ring (bicyclic) bond motifs is 1. The van der Waals surface area contributed by atoms with Crippen LogP contribution in [-0.4, -0.2) is 22.5 Å². The fourth-order valence-electron chi connectivity index (χ4n) is 3.68. The summed E-state index contributed by atoms with van der Waals surface area (Å²) in [6.45, 7) is 11.4. The lowest BCUT2D eigenvalue weighted by Crippen LogP contribution is -2.33. The van der Waals surface area contributed by atoms with Gasteiger partial charge in [-0.2, -0.15) is 0 Å². The van der Waals surface area contributed by atoms with Crippen LogP contribution in [0.3, 0.4) is 0 Å². The van der Waals surface area contributed by atoms with Gasteiger partial charge in [0.25, 0.3) is 0 Å². The summed E-state index contributed by atoms with van der Waals surface area (Å²) < 4.78 is 4.94. The van der Waals surface area contributed by atoms with Crippen LogP contribution < -0.4 is 0 Å². The van der Waals surface area contributed by atoms with Crippen LogP contribution in [0, 0.1) is 11.8 Å². The first-order valence-corrected chi connectivity index (χ1v) is 9.85. The van der Waals surface area contributed by atoms with Crippen molar-refractivity contribution < 1.29 is 9.53 Å². The van der Waals surface area contributed by atoms with Gasteiger partial charge in [0.1, 0.15) is 0 Å². The summed E-state index contributed by atoms with van der Waals surface area (Å²) in [6, 6.07) is 6.53. The summed E-state index contributed by atoms with van der Waals surface area (Å²) in [7, 11) is 0. The van der Waals surface area contributed by atoms with Gasteiger partial charge in [-0.05, 0) is 65.3 Å². The van der Waals surface area contributed by atoms with Gasteiger partial charge in [-0.25, -0.2) is 9.97 Å². The average molecular weight is 377 g/mol. The number of rotatable bonds is 3. The van der Waals surface area contributed by atoms with E-state index in [4.69, 9.17) is 4.74 Å². The van der Waals surface area contributed by atoms with Crippen molar-refractivity contribution in [3.05, 3.63) is 58.7 Å². The summed E-state index contributed by atoms with van der Waals surface area (Å²) in [5, 5.41) is 0. The van der Waals surface area contributed by atoms with Gasteiger partial charge >= 0.3 is 5.97 Å². The number of aromatic nitrogens is 2. The second-order valence-corrected chi connectivity index (χ2v) is 8.67. The van der Waals surface area contributed by atoms with E-state index in [2.05, 4.69) is 67.7 Å². The van der Waals surface area contributed by atoms with Crippen molar-refractivity contribution in [2.24, 2.45) is 0 Å². The van der Waals surface area contributed by atoms with Crippen molar-refractivity contribution in [3.8, 4) is 11.8 Å². The Bertz CT molecular complexity index is 931. The van der Waals surface area contributed by atoms with Crippen LogP contribution in [-0.2, 0) is 26.8 Å². The van der Waals surface area contributed by atoms with E-state index < -0.39 is 0 Å². The highest BCUT2D eigenvalue weighted by Gasteiger charge is 2.36. The third-order valence-electron chi connectivity index (χ3n) is 5.53. The molecule has 0 spiro atoms. The van der Waals surface area contributed by atoms with E-state index >= 15 is 0 Å². The minimum Gasteiger partial charge on any atom is -0.466 e. The van der Waals surface area contributed by atoms with Crippen molar-refractivity contribution in [1.82, 2.24) is 9.97 Å². The van der Waals surface area contributed by atoms with E-state index in [-0.39, 0.29) is 23.2 Å². The highest BCUT2D eigenvalue weighted by atomic mass is 16.5. The standard InChI is InChI=1S/C24H28N2O2/c1-6-28-22(27)14-18-15-25-21(26-16-18)10-8-17-7-9-19-20(13-17)24(4,5)12-11-23(19,2)3/h7,9,13,15-16H,6,11-12,14H2,1-5H3. The van der Waals surface area contributed by atoms with E-state index in [9.17, 15) is 4.79 Å². The monoisotopic (exact) mass is 376 g/mol. The first-order valence-electron chi connectivity index (χ1n) is 9.85. The van der Waals surface area contributed by atoms with Gasteiger partial charge in [-0.1, -0.05) is 39.7 Å². The average Bonchev–Trinajstić information content (AvgIpc) is 2.65. The Morgan fingerprint density at radius 3 is 2.32 bits per heavy atom. The molecule has 0 bridgehead atoms. The van der Waals surface area contributed by atoms with Crippen LogP contribution in [0.5, 0.6) is 0 Å². The number of hydrogen-bond acceptors (Lipinski definition) is 4. The van der Waals surface area contributed by atoms with E-state index in [1.807, 2.05) is 0 Å². The summed E-state index contributed by atoms with van der Waals surface area (Å²) >= 11 is 0.